The van der Waals surface area contributed by atoms with Crippen LogP contribution in [-0.4, -0.2) is 11.6 Å². The second-order valence-electron chi connectivity index (χ2n) is 3.92. The average molecular weight is 204 g/mol. The first-order valence-electron chi connectivity index (χ1n) is 5.10. The lowest BCUT2D eigenvalue weighted by Gasteiger charge is -2.03. The molecule has 0 aliphatic rings. The van der Waals surface area contributed by atoms with Crippen molar-refractivity contribution in [3.8, 4) is 0 Å². The Labute approximate surface area is 90.3 Å². The van der Waals surface area contributed by atoms with Crippen LogP contribution in [0.2, 0.25) is 0 Å². The molecule has 0 fully saturated rings. The first-order valence-corrected chi connectivity index (χ1v) is 5.10. The van der Waals surface area contributed by atoms with Crippen LogP contribution in [0.5, 0.6) is 0 Å². The lowest BCUT2D eigenvalue weighted by atomic mass is 10.0. The molecule has 2 heteroatoms. The van der Waals surface area contributed by atoms with Crippen molar-refractivity contribution in [2.45, 2.75) is 33.6 Å². The van der Waals surface area contributed by atoms with Crippen molar-refractivity contribution in [2.24, 2.45) is 0 Å². The first-order chi connectivity index (χ1) is 7.00. The van der Waals surface area contributed by atoms with Gasteiger partial charge >= 0.3 is 0 Å². The molecule has 0 aliphatic heterocycles. The number of Topliss-reactive ketones (excluding diaryl/α,β-unsaturated/α-hetero) is 2. The molecule has 0 aromatic heterocycles. The predicted molar refractivity (Wildman–Crippen MR) is 60.2 cm³/mol. The van der Waals surface area contributed by atoms with Crippen molar-refractivity contribution in [3.63, 3.8) is 0 Å². The van der Waals surface area contributed by atoms with Gasteiger partial charge in [-0.1, -0.05) is 12.1 Å². The van der Waals surface area contributed by atoms with Gasteiger partial charge in [0.25, 0.3) is 0 Å². The molecule has 0 amide bonds. The molecule has 0 spiro atoms. The number of rotatable bonds is 4. The van der Waals surface area contributed by atoms with Gasteiger partial charge < -0.3 is 4.79 Å². The van der Waals surface area contributed by atoms with Crippen LogP contribution in [-0.2, 0) is 4.79 Å². The molecule has 0 saturated heterocycles. The summed E-state index contributed by atoms with van der Waals surface area (Å²) < 4.78 is 0. The van der Waals surface area contributed by atoms with Gasteiger partial charge in [-0.15, -0.1) is 0 Å². The normalized spacial score (nSPS) is 10.1. The van der Waals surface area contributed by atoms with Gasteiger partial charge in [0.1, 0.15) is 5.78 Å². The van der Waals surface area contributed by atoms with Crippen LogP contribution >= 0.6 is 0 Å². The summed E-state index contributed by atoms with van der Waals surface area (Å²) in [6.07, 6.45) is 0.656. The highest BCUT2D eigenvalue weighted by molar-refractivity contribution is 5.98. The molecule has 0 atom stereocenters. The zero-order valence-electron chi connectivity index (χ0n) is 9.46. The lowest BCUT2D eigenvalue weighted by molar-refractivity contribution is -0.116. The van der Waals surface area contributed by atoms with Crippen molar-refractivity contribution in [3.05, 3.63) is 34.9 Å². The largest absolute Gasteiger partial charge is 0.300 e. The topological polar surface area (TPSA) is 34.1 Å². The van der Waals surface area contributed by atoms with Gasteiger partial charge in [-0.3, -0.25) is 4.79 Å². The van der Waals surface area contributed by atoms with Crippen molar-refractivity contribution in [2.75, 3.05) is 0 Å². The number of aryl methyl sites for hydroxylation is 2. The van der Waals surface area contributed by atoms with E-state index in [0.29, 0.717) is 18.4 Å². The number of carbonyl (C=O) groups excluding carboxylic acids is 2. The summed E-state index contributed by atoms with van der Waals surface area (Å²) in [6, 6.07) is 5.65. The molecule has 0 aliphatic carbocycles. The third kappa shape index (κ3) is 3.31. The van der Waals surface area contributed by atoms with Crippen LogP contribution in [0.25, 0.3) is 0 Å². The quantitative estimate of drug-likeness (QED) is 0.707. The fourth-order valence-corrected chi connectivity index (χ4v) is 1.35. The fourth-order valence-electron chi connectivity index (χ4n) is 1.35. The third-order valence-electron chi connectivity index (χ3n) is 2.53. The number of hydrogen-bond acceptors (Lipinski definition) is 2. The molecule has 0 radical (unpaired) electrons. The summed E-state index contributed by atoms with van der Waals surface area (Å²) in [6.45, 7) is 5.50. The van der Waals surface area contributed by atoms with E-state index in [9.17, 15) is 9.59 Å². The lowest BCUT2D eigenvalue weighted by Crippen LogP contribution is -2.02. The fraction of sp³-hybridized carbons (Fsp3) is 0.385. The maximum absolute atomic E-state index is 11.7. The van der Waals surface area contributed by atoms with Crippen LogP contribution in [0.3, 0.4) is 0 Å². The molecule has 1 aromatic rings. The third-order valence-corrected chi connectivity index (χ3v) is 2.53. The Balaban J connectivity index is 2.74. The highest BCUT2D eigenvalue weighted by atomic mass is 16.1. The number of ketones is 2. The maximum Gasteiger partial charge on any atom is 0.163 e. The molecule has 0 bridgehead atoms. The Morgan fingerprint density at radius 3 is 2.27 bits per heavy atom. The second-order valence-corrected chi connectivity index (χ2v) is 3.92. The summed E-state index contributed by atoms with van der Waals surface area (Å²) in [7, 11) is 0. The standard InChI is InChI=1S/C13H16O2/c1-9-4-6-12(8-10(9)2)13(15)7-5-11(3)14/h4,6,8H,5,7H2,1-3H3. The first kappa shape index (κ1) is 11.6. The van der Waals surface area contributed by atoms with Crippen LogP contribution in [0.1, 0.15) is 41.3 Å². The Morgan fingerprint density at radius 1 is 1.07 bits per heavy atom. The van der Waals surface area contributed by atoms with Crippen molar-refractivity contribution in [1.82, 2.24) is 0 Å². The van der Waals surface area contributed by atoms with Gasteiger partial charge in [-0.05, 0) is 38.0 Å². The summed E-state index contributed by atoms with van der Waals surface area (Å²) >= 11 is 0. The van der Waals surface area contributed by atoms with Gasteiger partial charge in [-0.2, -0.15) is 0 Å². The molecule has 2 nitrogen and oxygen atoms in total. The minimum Gasteiger partial charge on any atom is -0.300 e. The van der Waals surface area contributed by atoms with E-state index in [1.54, 1.807) is 0 Å². The summed E-state index contributed by atoms with van der Waals surface area (Å²) in [5.74, 6) is 0.112. The van der Waals surface area contributed by atoms with E-state index >= 15 is 0 Å². The van der Waals surface area contributed by atoms with Crippen molar-refractivity contribution in [1.29, 1.82) is 0 Å². The monoisotopic (exact) mass is 204 g/mol. The van der Waals surface area contributed by atoms with Gasteiger partial charge in [0.2, 0.25) is 0 Å². The zero-order chi connectivity index (χ0) is 11.4. The Hall–Kier alpha value is -1.44. The number of benzene rings is 1. The Bertz CT molecular complexity index is 392. The van der Waals surface area contributed by atoms with Crippen LogP contribution < -0.4 is 0 Å². The minimum atomic E-state index is 0.0494. The van der Waals surface area contributed by atoms with Gasteiger partial charge in [0, 0.05) is 18.4 Å². The summed E-state index contributed by atoms with van der Waals surface area (Å²) in [5.41, 5.74) is 3.00. The highest BCUT2D eigenvalue weighted by Crippen LogP contribution is 2.12. The van der Waals surface area contributed by atoms with Gasteiger partial charge in [-0.25, -0.2) is 0 Å². The molecular weight excluding hydrogens is 188 g/mol. The van der Waals surface area contributed by atoms with E-state index in [-0.39, 0.29) is 11.6 Å². The van der Waals surface area contributed by atoms with E-state index < -0.39 is 0 Å². The van der Waals surface area contributed by atoms with Crippen LogP contribution in [0.4, 0.5) is 0 Å². The van der Waals surface area contributed by atoms with Gasteiger partial charge in [0.15, 0.2) is 5.78 Å². The molecule has 1 aromatic carbocycles. The zero-order valence-corrected chi connectivity index (χ0v) is 9.46. The number of carbonyl (C=O) groups is 2. The molecular formula is C13H16O2. The van der Waals surface area contributed by atoms with E-state index in [1.165, 1.54) is 12.5 Å². The minimum absolute atomic E-state index is 0.0494. The molecule has 0 unspecified atom stereocenters. The van der Waals surface area contributed by atoms with Gasteiger partial charge in [0.05, 0.1) is 0 Å². The molecule has 0 saturated carbocycles. The molecule has 0 N–H and O–H groups in total. The number of hydrogen-bond donors (Lipinski definition) is 0. The Morgan fingerprint density at radius 2 is 1.73 bits per heavy atom. The van der Waals surface area contributed by atoms with Crippen molar-refractivity contribution >= 4 is 11.6 Å². The molecule has 80 valence electrons. The SMILES string of the molecule is CC(=O)CCC(=O)c1ccc(C)c(C)c1. The van der Waals surface area contributed by atoms with Crippen LogP contribution in [0.15, 0.2) is 18.2 Å². The smallest absolute Gasteiger partial charge is 0.163 e. The van der Waals surface area contributed by atoms with Crippen molar-refractivity contribution < 1.29 is 9.59 Å². The summed E-state index contributed by atoms with van der Waals surface area (Å²) in [5, 5.41) is 0. The maximum atomic E-state index is 11.7. The molecule has 1 rings (SSSR count). The van der Waals surface area contributed by atoms with E-state index in [4.69, 9.17) is 0 Å². The highest BCUT2D eigenvalue weighted by Gasteiger charge is 2.07. The summed E-state index contributed by atoms with van der Waals surface area (Å²) in [4.78, 5) is 22.4. The predicted octanol–water partition coefficient (Wildman–Crippen LogP) is 2.86. The van der Waals surface area contributed by atoms with E-state index in [1.807, 2.05) is 32.0 Å². The van der Waals surface area contributed by atoms with Crippen LogP contribution in [0, 0.1) is 13.8 Å². The molecule has 0 heterocycles. The van der Waals surface area contributed by atoms with E-state index in [2.05, 4.69) is 0 Å². The Kier molecular flexibility index (Phi) is 3.78. The molecule has 15 heavy (non-hydrogen) atoms. The second kappa shape index (κ2) is 4.87. The average Bonchev–Trinajstić information content (AvgIpc) is 2.18. The van der Waals surface area contributed by atoms with E-state index in [0.717, 1.165) is 5.56 Å².